The number of halogens is 3. The number of hydrogen-bond donors (Lipinski definition) is 1. The Bertz CT molecular complexity index is 577. The van der Waals surface area contributed by atoms with Crippen LogP contribution in [0, 0.1) is 10.1 Å². The fourth-order valence-corrected chi connectivity index (χ4v) is 2.29. The summed E-state index contributed by atoms with van der Waals surface area (Å²) in [4.78, 5) is 11.2. The zero-order chi connectivity index (χ0) is 13.4. The molecule has 2 N–H and O–H groups in total. The molecule has 0 radical (unpaired) electrons. The Labute approximate surface area is 98.4 Å². The molecule has 0 saturated heterocycles. The van der Waals surface area contributed by atoms with E-state index in [1.54, 1.807) is 0 Å². The number of nitro groups is 1. The summed E-state index contributed by atoms with van der Waals surface area (Å²) in [6.45, 7) is 0. The van der Waals surface area contributed by atoms with E-state index in [0.29, 0.717) is 6.20 Å². The van der Waals surface area contributed by atoms with Gasteiger partial charge in [0.1, 0.15) is 5.56 Å². The number of alkyl halides is 2. The van der Waals surface area contributed by atoms with Crippen molar-refractivity contribution in [3.05, 3.63) is 27.0 Å². The molecule has 0 aliphatic rings. The highest BCUT2D eigenvalue weighted by molar-refractivity contribution is 7.89. The molecule has 0 bridgehead atoms. The molecule has 0 amide bonds. The molecule has 17 heavy (non-hydrogen) atoms. The van der Waals surface area contributed by atoms with E-state index in [-0.39, 0.29) is 0 Å². The number of nitrogens with zero attached hydrogens (tertiary/aromatic N) is 2. The van der Waals surface area contributed by atoms with Crippen LogP contribution < -0.4 is 5.14 Å². The number of primary sulfonamides is 1. The van der Waals surface area contributed by atoms with E-state index in [1.807, 2.05) is 0 Å². The fourth-order valence-electron chi connectivity index (χ4n) is 1.07. The Morgan fingerprint density at radius 3 is 2.41 bits per heavy atom. The molecule has 0 aliphatic carbocycles. The first kappa shape index (κ1) is 13.7. The van der Waals surface area contributed by atoms with Crippen LogP contribution in [0.4, 0.5) is 14.5 Å². The van der Waals surface area contributed by atoms with Crippen molar-refractivity contribution in [2.24, 2.45) is 5.14 Å². The lowest BCUT2D eigenvalue weighted by Crippen LogP contribution is -2.16. The second-order valence-electron chi connectivity index (χ2n) is 2.78. The summed E-state index contributed by atoms with van der Waals surface area (Å²) in [5, 5.41) is 14.4. The molecule has 94 valence electrons. The van der Waals surface area contributed by atoms with E-state index in [4.69, 9.17) is 11.6 Å². The number of rotatable bonds is 3. The van der Waals surface area contributed by atoms with Crippen molar-refractivity contribution < 1.29 is 22.1 Å². The third-order valence-corrected chi connectivity index (χ3v) is 3.05. The van der Waals surface area contributed by atoms with Gasteiger partial charge in [0.15, 0.2) is 10.0 Å². The highest BCUT2D eigenvalue weighted by Crippen LogP contribution is 2.36. The van der Waals surface area contributed by atoms with Gasteiger partial charge < -0.3 is 0 Å². The van der Waals surface area contributed by atoms with Gasteiger partial charge in [0, 0.05) is 6.20 Å². The molecular formula is C6H4ClF2N3O4S. The Kier molecular flexibility index (Phi) is 3.59. The summed E-state index contributed by atoms with van der Waals surface area (Å²) < 4.78 is 47.0. The highest BCUT2D eigenvalue weighted by Gasteiger charge is 2.34. The lowest BCUT2D eigenvalue weighted by atomic mass is 10.2. The average Bonchev–Trinajstić information content (AvgIpc) is 2.14. The van der Waals surface area contributed by atoms with Gasteiger partial charge in [-0.15, -0.1) is 0 Å². The van der Waals surface area contributed by atoms with Crippen molar-refractivity contribution >= 4 is 27.3 Å². The summed E-state index contributed by atoms with van der Waals surface area (Å²) in [7, 11) is -4.63. The number of nitrogens with two attached hydrogens (primary N) is 1. The van der Waals surface area contributed by atoms with Crippen molar-refractivity contribution in [1.29, 1.82) is 0 Å². The van der Waals surface area contributed by atoms with Gasteiger partial charge in [-0.05, 0) is 0 Å². The standard InChI is InChI=1S/C6H4ClF2N3O4S/c7-5-4(17(10,15)16)3(12(13)14)2(1-11-5)6(8)9/h1,6H,(H2,10,15,16). The van der Waals surface area contributed by atoms with Crippen LogP contribution in [0.1, 0.15) is 12.0 Å². The van der Waals surface area contributed by atoms with E-state index < -0.39 is 42.7 Å². The fraction of sp³-hybridized carbons (Fsp3) is 0.167. The molecule has 0 aromatic carbocycles. The quantitative estimate of drug-likeness (QED) is 0.510. The van der Waals surface area contributed by atoms with Gasteiger partial charge in [0.05, 0.1) is 4.92 Å². The van der Waals surface area contributed by atoms with Gasteiger partial charge in [-0.25, -0.2) is 27.3 Å². The minimum absolute atomic E-state index is 0.430. The normalized spacial score (nSPS) is 11.8. The second-order valence-corrected chi connectivity index (χ2v) is 4.64. The second kappa shape index (κ2) is 4.47. The Morgan fingerprint density at radius 1 is 1.53 bits per heavy atom. The van der Waals surface area contributed by atoms with Crippen molar-refractivity contribution in [3.63, 3.8) is 0 Å². The number of aromatic nitrogens is 1. The Balaban J connectivity index is 3.80. The molecule has 0 atom stereocenters. The van der Waals surface area contributed by atoms with Crippen LogP contribution >= 0.6 is 11.6 Å². The maximum atomic E-state index is 12.5. The van der Waals surface area contributed by atoms with Crippen molar-refractivity contribution in [1.82, 2.24) is 4.98 Å². The monoisotopic (exact) mass is 287 g/mol. The minimum atomic E-state index is -4.63. The van der Waals surface area contributed by atoms with Crippen LogP contribution in [-0.4, -0.2) is 18.3 Å². The zero-order valence-corrected chi connectivity index (χ0v) is 9.37. The first-order chi connectivity index (χ1) is 7.66. The third-order valence-electron chi connectivity index (χ3n) is 1.70. The Hall–Kier alpha value is -1.39. The number of pyridine rings is 1. The molecule has 0 unspecified atom stereocenters. The first-order valence-corrected chi connectivity index (χ1v) is 5.72. The van der Waals surface area contributed by atoms with Crippen LogP contribution in [0.15, 0.2) is 11.1 Å². The molecule has 0 aliphatic heterocycles. The topological polar surface area (TPSA) is 116 Å². The molecule has 1 aromatic rings. The summed E-state index contributed by atoms with van der Waals surface area (Å²) in [6, 6.07) is 0. The number of hydrogen-bond acceptors (Lipinski definition) is 5. The SMILES string of the molecule is NS(=O)(=O)c1c(Cl)ncc(C(F)F)c1[N+](=O)[O-]. The average molecular weight is 288 g/mol. The molecule has 11 heteroatoms. The van der Waals surface area contributed by atoms with Gasteiger partial charge in [-0.1, -0.05) is 11.6 Å². The molecule has 1 heterocycles. The van der Waals surface area contributed by atoms with Crippen LogP contribution in [0.3, 0.4) is 0 Å². The van der Waals surface area contributed by atoms with Crippen molar-refractivity contribution in [2.75, 3.05) is 0 Å². The summed E-state index contributed by atoms with van der Waals surface area (Å²) in [6.07, 6.45) is -2.85. The lowest BCUT2D eigenvalue weighted by molar-refractivity contribution is -0.389. The van der Waals surface area contributed by atoms with Crippen molar-refractivity contribution in [2.45, 2.75) is 11.3 Å². The molecule has 0 spiro atoms. The molecule has 1 rings (SSSR count). The molecule has 0 fully saturated rings. The van der Waals surface area contributed by atoms with Crippen LogP contribution in [0.2, 0.25) is 5.15 Å². The van der Waals surface area contributed by atoms with E-state index in [9.17, 15) is 27.3 Å². The van der Waals surface area contributed by atoms with E-state index >= 15 is 0 Å². The van der Waals surface area contributed by atoms with Gasteiger partial charge in [0.25, 0.3) is 6.43 Å². The maximum Gasteiger partial charge on any atom is 0.303 e. The smallest absolute Gasteiger partial charge is 0.258 e. The van der Waals surface area contributed by atoms with Gasteiger partial charge in [-0.3, -0.25) is 10.1 Å². The zero-order valence-electron chi connectivity index (χ0n) is 7.80. The molecule has 1 aromatic heterocycles. The van der Waals surface area contributed by atoms with Gasteiger partial charge in [0.2, 0.25) is 10.0 Å². The summed E-state index contributed by atoms with van der Waals surface area (Å²) in [5.74, 6) is 0. The summed E-state index contributed by atoms with van der Waals surface area (Å²) >= 11 is 5.32. The predicted octanol–water partition coefficient (Wildman–Crippen LogP) is 1.23. The van der Waals surface area contributed by atoms with E-state index in [1.165, 1.54) is 0 Å². The van der Waals surface area contributed by atoms with Crippen molar-refractivity contribution in [3.8, 4) is 0 Å². The van der Waals surface area contributed by atoms with Crippen LogP contribution in [0.25, 0.3) is 0 Å². The lowest BCUT2D eigenvalue weighted by Gasteiger charge is -2.06. The minimum Gasteiger partial charge on any atom is -0.258 e. The molecule has 0 saturated carbocycles. The van der Waals surface area contributed by atoms with Gasteiger partial charge >= 0.3 is 5.69 Å². The highest BCUT2D eigenvalue weighted by atomic mass is 35.5. The van der Waals surface area contributed by atoms with Crippen LogP contribution in [0.5, 0.6) is 0 Å². The predicted molar refractivity (Wildman–Crippen MR) is 52.2 cm³/mol. The molecular weight excluding hydrogens is 284 g/mol. The van der Waals surface area contributed by atoms with E-state index in [0.717, 1.165) is 0 Å². The maximum absolute atomic E-state index is 12.5. The largest absolute Gasteiger partial charge is 0.303 e. The first-order valence-electron chi connectivity index (χ1n) is 3.80. The Morgan fingerprint density at radius 2 is 2.06 bits per heavy atom. The third kappa shape index (κ3) is 2.65. The number of sulfonamides is 1. The summed E-state index contributed by atoms with van der Waals surface area (Å²) in [5.41, 5.74) is -2.52. The van der Waals surface area contributed by atoms with Crippen LogP contribution in [-0.2, 0) is 10.0 Å². The molecule has 7 nitrogen and oxygen atoms in total. The van der Waals surface area contributed by atoms with Gasteiger partial charge in [-0.2, -0.15) is 0 Å². The van der Waals surface area contributed by atoms with E-state index in [2.05, 4.69) is 10.1 Å².